The molecular formula is C13H17BrN2O3. The van der Waals surface area contributed by atoms with Crippen LogP contribution >= 0.6 is 15.9 Å². The van der Waals surface area contributed by atoms with Gasteiger partial charge in [0, 0.05) is 11.0 Å². The molecule has 0 aliphatic carbocycles. The van der Waals surface area contributed by atoms with E-state index in [1.54, 1.807) is 19.1 Å². The van der Waals surface area contributed by atoms with Crippen LogP contribution in [-0.4, -0.2) is 31.0 Å². The highest BCUT2D eigenvalue weighted by Crippen LogP contribution is 2.17. The third kappa shape index (κ3) is 5.74. The maximum Gasteiger partial charge on any atom is 0.261 e. The first-order valence-electron chi connectivity index (χ1n) is 5.99. The zero-order valence-corrected chi connectivity index (χ0v) is 12.5. The van der Waals surface area contributed by atoms with Gasteiger partial charge in [-0.15, -0.1) is 0 Å². The summed E-state index contributed by atoms with van der Waals surface area (Å²) in [6, 6.07) is 7.18. The molecule has 0 aliphatic rings. The summed E-state index contributed by atoms with van der Waals surface area (Å²) in [5, 5.41) is 5.11. The molecular weight excluding hydrogens is 312 g/mol. The summed E-state index contributed by atoms with van der Waals surface area (Å²) >= 11 is 3.32. The largest absolute Gasteiger partial charge is 0.481 e. The molecule has 5 nitrogen and oxygen atoms in total. The van der Waals surface area contributed by atoms with Crippen molar-refractivity contribution in [2.75, 3.05) is 13.1 Å². The number of benzene rings is 1. The van der Waals surface area contributed by atoms with Gasteiger partial charge >= 0.3 is 0 Å². The lowest BCUT2D eigenvalue weighted by Gasteiger charge is -2.14. The summed E-state index contributed by atoms with van der Waals surface area (Å²) in [4.78, 5) is 22.9. The van der Waals surface area contributed by atoms with Gasteiger partial charge in [-0.2, -0.15) is 0 Å². The van der Waals surface area contributed by atoms with Gasteiger partial charge in [0.25, 0.3) is 5.91 Å². The monoisotopic (exact) mass is 328 g/mol. The minimum absolute atomic E-state index is 0.0410. The fourth-order valence-corrected chi connectivity index (χ4v) is 1.61. The lowest BCUT2D eigenvalue weighted by Crippen LogP contribution is -2.42. The number of hydrogen-bond donors (Lipinski definition) is 2. The van der Waals surface area contributed by atoms with Crippen LogP contribution < -0.4 is 15.4 Å². The van der Waals surface area contributed by atoms with Crippen molar-refractivity contribution in [1.82, 2.24) is 10.6 Å². The van der Waals surface area contributed by atoms with Crippen LogP contribution in [0, 0.1) is 0 Å². The van der Waals surface area contributed by atoms with Gasteiger partial charge in [0.15, 0.2) is 6.10 Å². The molecule has 1 aromatic carbocycles. The van der Waals surface area contributed by atoms with Gasteiger partial charge in [-0.3, -0.25) is 9.59 Å². The van der Waals surface area contributed by atoms with E-state index in [0.29, 0.717) is 12.3 Å². The Morgan fingerprint density at radius 2 is 1.89 bits per heavy atom. The highest BCUT2D eigenvalue weighted by Gasteiger charge is 2.15. The molecule has 104 valence electrons. The SMILES string of the molecule is CCNC(=O)CNC(=O)[C@H](C)Oc1ccc(Br)cc1. The Kier molecular flexibility index (Phi) is 6.35. The van der Waals surface area contributed by atoms with E-state index in [0.717, 1.165) is 4.47 Å². The second-order valence-electron chi connectivity index (χ2n) is 3.89. The summed E-state index contributed by atoms with van der Waals surface area (Å²) in [6.07, 6.45) is -0.657. The Balaban J connectivity index is 2.40. The van der Waals surface area contributed by atoms with Crippen molar-refractivity contribution in [3.8, 4) is 5.75 Å². The summed E-state index contributed by atoms with van der Waals surface area (Å²) in [6.45, 7) is 3.95. The molecule has 0 aliphatic heterocycles. The third-order valence-corrected chi connectivity index (χ3v) is 2.82. The average Bonchev–Trinajstić information content (AvgIpc) is 2.39. The van der Waals surface area contributed by atoms with E-state index in [9.17, 15) is 9.59 Å². The maximum absolute atomic E-state index is 11.7. The molecule has 0 heterocycles. The van der Waals surface area contributed by atoms with Gasteiger partial charge in [0.05, 0.1) is 6.54 Å². The fraction of sp³-hybridized carbons (Fsp3) is 0.385. The van der Waals surface area contributed by atoms with Crippen LogP contribution in [0.5, 0.6) is 5.75 Å². The summed E-state index contributed by atoms with van der Waals surface area (Å²) in [7, 11) is 0. The van der Waals surface area contributed by atoms with Gasteiger partial charge in [-0.05, 0) is 38.1 Å². The van der Waals surface area contributed by atoms with Crippen LogP contribution in [0.15, 0.2) is 28.7 Å². The van der Waals surface area contributed by atoms with Crippen LogP contribution in [0.2, 0.25) is 0 Å². The number of hydrogen-bond acceptors (Lipinski definition) is 3. The first-order valence-corrected chi connectivity index (χ1v) is 6.79. The quantitative estimate of drug-likeness (QED) is 0.831. The highest BCUT2D eigenvalue weighted by molar-refractivity contribution is 9.10. The van der Waals surface area contributed by atoms with Crippen molar-refractivity contribution in [3.05, 3.63) is 28.7 Å². The predicted octanol–water partition coefficient (Wildman–Crippen LogP) is 1.47. The van der Waals surface area contributed by atoms with Gasteiger partial charge in [-0.1, -0.05) is 15.9 Å². The Labute approximate surface area is 120 Å². The topological polar surface area (TPSA) is 67.4 Å². The maximum atomic E-state index is 11.7. The van der Waals surface area contributed by atoms with E-state index in [2.05, 4.69) is 26.6 Å². The van der Waals surface area contributed by atoms with Crippen LogP contribution in [0.1, 0.15) is 13.8 Å². The van der Waals surface area contributed by atoms with Crippen molar-refractivity contribution < 1.29 is 14.3 Å². The number of carbonyl (C=O) groups is 2. The van der Waals surface area contributed by atoms with E-state index in [4.69, 9.17) is 4.74 Å². The normalized spacial score (nSPS) is 11.5. The van der Waals surface area contributed by atoms with Crippen molar-refractivity contribution in [3.63, 3.8) is 0 Å². The number of amides is 2. The van der Waals surface area contributed by atoms with Gasteiger partial charge in [-0.25, -0.2) is 0 Å². The molecule has 2 N–H and O–H groups in total. The molecule has 1 rings (SSSR count). The molecule has 0 radical (unpaired) electrons. The summed E-state index contributed by atoms with van der Waals surface area (Å²) < 4.78 is 6.40. The van der Waals surface area contributed by atoms with E-state index in [1.165, 1.54) is 0 Å². The van der Waals surface area contributed by atoms with Gasteiger partial charge in [0.1, 0.15) is 5.75 Å². The minimum atomic E-state index is -0.657. The Morgan fingerprint density at radius 3 is 2.47 bits per heavy atom. The third-order valence-electron chi connectivity index (χ3n) is 2.29. The van der Waals surface area contributed by atoms with Crippen LogP contribution in [-0.2, 0) is 9.59 Å². The van der Waals surface area contributed by atoms with Crippen LogP contribution in [0.3, 0.4) is 0 Å². The predicted molar refractivity (Wildman–Crippen MR) is 75.9 cm³/mol. The second-order valence-corrected chi connectivity index (χ2v) is 4.80. The van der Waals surface area contributed by atoms with Crippen molar-refractivity contribution in [1.29, 1.82) is 0 Å². The molecule has 0 unspecified atom stereocenters. The molecule has 0 fully saturated rings. The van der Waals surface area contributed by atoms with E-state index in [-0.39, 0.29) is 18.4 Å². The number of halogens is 1. The fourth-order valence-electron chi connectivity index (χ4n) is 1.34. The van der Waals surface area contributed by atoms with Crippen molar-refractivity contribution >= 4 is 27.7 Å². The average molecular weight is 329 g/mol. The number of nitrogens with one attached hydrogen (secondary N) is 2. The summed E-state index contributed by atoms with van der Waals surface area (Å²) in [5.74, 6) is 0.0599. The van der Waals surface area contributed by atoms with Crippen LogP contribution in [0.4, 0.5) is 0 Å². The smallest absolute Gasteiger partial charge is 0.261 e. The number of ether oxygens (including phenoxy) is 1. The zero-order chi connectivity index (χ0) is 14.3. The van der Waals surface area contributed by atoms with E-state index >= 15 is 0 Å². The van der Waals surface area contributed by atoms with Crippen LogP contribution in [0.25, 0.3) is 0 Å². The number of rotatable bonds is 6. The molecule has 0 saturated heterocycles. The van der Waals surface area contributed by atoms with E-state index in [1.807, 2.05) is 19.1 Å². The van der Waals surface area contributed by atoms with Crippen molar-refractivity contribution in [2.45, 2.75) is 20.0 Å². The molecule has 0 bridgehead atoms. The lowest BCUT2D eigenvalue weighted by atomic mass is 10.3. The van der Waals surface area contributed by atoms with Gasteiger partial charge in [0.2, 0.25) is 5.91 Å². The number of likely N-dealkylation sites (N-methyl/N-ethyl adjacent to an activating group) is 1. The molecule has 6 heteroatoms. The highest BCUT2D eigenvalue weighted by atomic mass is 79.9. The van der Waals surface area contributed by atoms with Gasteiger partial charge < -0.3 is 15.4 Å². The molecule has 1 aromatic rings. The van der Waals surface area contributed by atoms with E-state index < -0.39 is 6.10 Å². The molecule has 0 spiro atoms. The molecule has 0 saturated carbocycles. The number of carbonyl (C=O) groups excluding carboxylic acids is 2. The first kappa shape index (κ1) is 15.5. The Bertz CT molecular complexity index is 434. The molecule has 0 aromatic heterocycles. The molecule has 1 atom stereocenters. The molecule has 19 heavy (non-hydrogen) atoms. The van der Waals surface area contributed by atoms with Crippen molar-refractivity contribution in [2.24, 2.45) is 0 Å². The minimum Gasteiger partial charge on any atom is -0.481 e. The standard InChI is InChI=1S/C13H17BrN2O3/c1-3-15-12(17)8-16-13(18)9(2)19-11-6-4-10(14)5-7-11/h4-7,9H,3,8H2,1-2H3,(H,15,17)(H,16,18)/t9-/m0/s1. The first-order chi connectivity index (χ1) is 9.02. The summed E-state index contributed by atoms with van der Waals surface area (Å²) in [5.41, 5.74) is 0. The zero-order valence-electron chi connectivity index (χ0n) is 10.9. The molecule has 2 amide bonds. The lowest BCUT2D eigenvalue weighted by molar-refractivity contribution is -0.130. The Hall–Kier alpha value is -1.56. The Morgan fingerprint density at radius 1 is 1.26 bits per heavy atom. The second kappa shape index (κ2) is 7.78.